The molecule has 0 spiro atoms. The van der Waals surface area contributed by atoms with E-state index in [1.54, 1.807) is 47.4 Å². The number of H-pyrrole nitrogens is 1. The first-order valence-electron chi connectivity index (χ1n) is 12.7. The van der Waals surface area contributed by atoms with Crippen LogP contribution < -0.4 is 10.2 Å². The van der Waals surface area contributed by atoms with Gasteiger partial charge in [0.2, 0.25) is 11.7 Å². The van der Waals surface area contributed by atoms with Gasteiger partial charge in [0.05, 0.1) is 6.42 Å². The number of aromatic nitrogens is 4. The maximum absolute atomic E-state index is 14.1. The first kappa shape index (κ1) is 27.8. The number of halogens is 2. The lowest BCUT2D eigenvalue weighted by atomic mass is 9.94. The highest BCUT2D eigenvalue weighted by atomic mass is 35.5. The number of hydrogen-bond acceptors (Lipinski definition) is 6. The molecule has 2 N–H and O–H groups in total. The molecule has 1 aliphatic rings. The molecular formula is C29H28Cl2N6O3. The molecule has 5 rings (SSSR count). The Morgan fingerprint density at radius 2 is 1.85 bits per heavy atom. The number of aromatic amines is 1. The average Bonchev–Trinajstić information content (AvgIpc) is 3.42. The van der Waals surface area contributed by atoms with Gasteiger partial charge in [-0.3, -0.25) is 9.59 Å². The van der Waals surface area contributed by atoms with Gasteiger partial charge in [0, 0.05) is 44.7 Å². The van der Waals surface area contributed by atoms with E-state index in [9.17, 15) is 9.59 Å². The van der Waals surface area contributed by atoms with Gasteiger partial charge < -0.3 is 15.0 Å². The number of nitrogens with zero attached hydrogens (tertiary/aromatic N) is 4. The second-order valence-corrected chi connectivity index (χ2v) is 11.6. The van der Waals surface area contributed by atoms with Crippen molar-refractivity contribution in [2.24, 2.45) is 5.41 Å². The summed E-state index contributed by atoms with van der Waals surface area (Å²) >= 11 is 13.0. The van der Waals surface area contributed by atoms with Crippen molar-refractivity contribution in [3.63, 3.8) is 0 Å². The van der Waals surface area contributed by atoms with E-state index in [0.717, 1.165) is 0 Å². The van der Waals surface area contributed by atoms with Gasteiger partial charge in [-0.15, -0.1) is 10.2 Å². The zero-order chi connectivity index (χ0) is 28.4. The molecule has 40 heavy (non-hydrogen) atoms. The van der Waals surface area contributed by atoms with Crippen molar-refractivity contribution < 1.29 is 14.3 Å². The molecule has 0 saturated heterocycles. The second-order valence-electron chi connectivity index (χ2n) is 10.8. The van der Waals surface area contributed by atoms with Crippen molar-refractivity contribution in [3.05, 3.63) is 87.9 Å². The fraction of sp³-hybridized carbons (Fsp3) is 0.276. The minimum atomic E-state index is -1.09. The second kappa shape index (κ2) is 11.4. The lowest BCUT2D eigenvalue weighted by Gasteiger charge is -2.31. The standard InChI is InChI=1S/C29H28Cl2N6O3/c1-29(2,3)16-37-23-12-11-18(30)14-21(23)26(20-9-4-5-10-22(20)31)40-24(28(37)39)15-25(38)32-19-8-6-7-17(13-19)27-33-35-36-34-27/h4-14,24,26H,15-16H2,1-3H3,(H,32,38)(H,33,34,35,36)/t24-,26-/m0/s1. The van der Waals surface area contributed by atoms with Gasteiger partial charge in [-0.1, -0.05) is 74.3 Å². The fourth-order valence-corrected chi connectivity index (χ4v) is 5.09. The summed E-state index contributed by atoms with van der Waals surface area (Å²) in [5, 5.41) is 17.8. The average molecular weight is 579 g/mol. The topological polar surface area (TPSA) is 113 Å². The highest BCUT2D eigenvalue weighted by Crippen LogP contribution is 2.42. The van der Waals surface area contributed by atoms with Crippen LogP contribution in [0.4, 0.5) is 11.4 Å². The third-order valence-electron chi connectivity index (χ3n) is 6.35. The van der Waals surface area contributed by atoms with Crippen LogP contribution in [0.25, 0.3) is 11.4 Å². The Morgan fingerprint density at radius 3 is 2.58 bits per heavy atom. The largest absolute Gasteiger partial charge is 0.355 e. The third kappa shape index (κ3) is 6.17. The smallest absolute Gasteiger partial charge is 0.256 e. The first-order chi connectivity index (χ1) is 19.1. The monoisotopic (exact) mass is 578 g/mol. The van der Waals surface area contributed by atoms with Crippen LogP contribution in [0.5, 0.6) is 0 Å². The van der Waals surface area contributed by atoms with Crippen LogP contribution in [-0.2, 0) is 14.3 Å². The van der Waals surface area contributed by atoms with E-state index < -0.39 is 12.2 Å². The predicted molar refractivity (Wildman–Crippen MR) is 154 cm³/mol. The summed E-state index contributed by atoms with van der Waals surface area (Å²) in [6.45, 7) is 6.55. The Morgan fingerprint density at radius 1 is 1.05 bits per heavy atom. The maximum atomic E-state index is 14.1. The number of carbonyl (C=O) groups excluding carboxylic acids is 2. The first-order valence-corrected chi connectivity index (χ1v) is 13.5. The Hall–Kier alpha value is -3.79. The van der Waals surface area contributed by atoms with Gasteiger partial charge in [-0.2, -0.15) is 5.21 Å². The van der Waals surface area contributed by atoms with Gasteiger partial charge in [0.1, 0.15) is 12.2 Å². The molecule has 206 valence electrons. The molecule has 0 aliphatic carbocycles. The summed E-state index contributed by atoms with van der Waals surface area (Å²) in [6.07, 6.45) is -2.03. The third-order valence-corrected chi connectivity index (χ3v) is 6.92. The highest BCUT2D eigenvalue weighted by molar-refractivity contribution is 6.31. The number of tetrazole rings is 1. The summed E-state index contributed by atoms with van der Waals surface area (Å²) in [5.41, 5.74) is 3.02. The minimum Gasteiger partial charge on any atom is -0.355 e. The molecule has 2 heterocycles. The number of carbonyl (C=O) groups is 2. The Labute approximate surface area is 241 Å². The van der Waals surface area contributed by atoms with Gasteiger partial charge in [0.15, 0.2) is 0 Å². The number of ether oxygens (including phenoxy) is 1. The summed E-state index contributed by atoms with van der Waals surface area (Å²) in [4.78, 5) is 29.1. The number of hydrogen-bond donors (Lipinski definition) is 2. The normalized spacial score (nSPS) is 17.3. The quantitative estimate of drug-likeness (QED) is 0.287. The van der Waals surface area contributed by atoms with E-state index in [0.29, 0.717) is 50.5 Å². The van der Waals surface area contributed by atoms with Crippen molar-refractivity contribution in [1.29, 1.82) is 0 Å². The Balaban J connectivity index is 1.49. The fourth-order valence-electron chi connectivity index (χ4n) is 4.67. The molecular weight excluding hydrogens is 551 g/mol. The Kier molecular flexibility index (Phi) is 7.89. The van der Waals surface area contributed by atoms with Gasteiger partial charge in [0.25, 0.3) is 5.91 Å². The molecule has 1 aliphatic heterocycles. The van der Waals surface area contributed by atoms with Crippen LogP contribution in [0.15, 0.2) is 66.7 Å². The van der Waals surface area contributed by atoms with Crippen molar-refractivity contribution in [3.8, 4) is 11.4 Å². The number of nitrogens with one attached hydrogen (secondary N) is 2. The molecule has 1 aromatic heterocycles. The van der Waals surface area contributed by atoms with Crippen LogP contribution in [0.2, 0.25) is 10.0 Å². The van der Waals surface area contributed by atoms with E-state index in [1.807, 2.05) is 45.0 Å². The maximum Gasteiger partial charge on any atom is 0.256 e. The summed E-state index contributed by atoms with van der Waals surface area (Å²) < 4.78 is 6.48. The van der Waals surface area contributed by atoms with Crippen molar-refractivity contribution in [1.82, 2.24) is 20.6 Å². The number of anilines is 2. The molecule has 9 nitrogen and oxygen atoms in total. The van der Waals surface area contributed by atoms with E-state index in [4.69, 9.17) is 27.9 Å². The molecule has 4 aromatic rings. The van der Waals surface area contributed by atoms with Crippen LogP contribution in [0, 0.1) is 5.41 Å². The molecule has 0 bridgehead atoms. The molecule has 0 saturated carbocycles. The van der Waals surface area contributed by atoms with Gasteiger partial charge in [-0.05, 0) is 47.0 Å². The molecule has 2 amide bonds. The van der Waals surface area contributed by atoms with Crippen molar-refractivity contribution in [2.75, 3.05) is 16.8 Å². The predicted octanol–water partition coefficient (Wildman–Crippen LogP) is 6.07. The zero-order valence-electron chi connectivity index (χ0n) is 22.2. The molecule has 0 fully saturated rings. The SMILES string of the molecule is CC(C)(C)CN1C(=O)[C@H](CC(=O)Nc2cccc(-c3nn[nH]n3)c2)O[C@@H](c2ccccc2Cl)c2cc(Cl)ccc21. The lowest BCUT2D eigenvalue weighted by Crippen LogP contribution is -2.44. The molecule has 0 radical (unpaired) electrons. The summed E-state index contributed by atoms with van der Waals surface area (Å²) in [6, 6.07) is 19.7. The summed E-state index contributed by atoms with van der Waals surface area (Å²) in [5.74, 6) is -0.305. The van der Waals surface area contributed by atoms with E-state index in [-0.39, 0.29) is 23.7 Å². The number of benzene rings is 3. The molecule has 2 atom stereocenters. The van der Waals surface area contributed by atoms with Crippen LogP contribution in [-0.4, -0.2) is 45.1 Å². The molecule has 11 heteroatoms. The number of fused-ring (bicyclic) bond motifs is 1. The lowest BCUT2D eigenvalue weighted by molar-refractivity contribution is -0.136. The number of rotatable bonds is 6. The molecule has 3 aromatic carbocycles. The van der Waals surface area contributed by atoms with E-state index in [1.165, 1.54) is 0 Å². The van der Waals surface area contributed by atoms with Gasteiger partial charge >= 0.3 is 0 Å². The van der Waals surface area contributed by atoms with Crippen molar-refractivity contribution >= 4 is 46.4 Å². The number of amides is 2. The van der Waals surface area contributed by atoms with Gasteiger partial charge in [-0.25, -0.2) is 0 Å². The summed E-state index contributed by atoms with van der Waals surface area (Å²) in [7, 11) is 0. The van der Waals surface area contributed by atoms with Crippen LogP contribution >= 0.6 is 23.2 Å². The zero-order valence-corrected chi connectivity index (χ0v) is 23.7. The van der Waals surface area contributed by atoms with Crippen LogP contribution in [0.3, 0.4) is 0 Å². The van der Waals surface area contributed by atoms with Crippen molar-refractivity contribution in [2.45, 2.75) is 39.4 Å². The van der Waals surface area contributed by atoms with E-state index >= 15 is 0 Å². The van der Waals surface area contributed by atoms with Crippen LogP contribution in [0.1, 0.15) is 44.4 Å². The Bertz CT molecular complexity index is 1540. The van der Waals surface area contributed by atoms with E-state index in [2.05, 4.69) is 25.9 Å². The minimum absolute atomic E-state index is 0.214. The molecule has 0 unspecified atom stereocenters. The highest BCUT2D eigenvalue weighted by Gasteiger charge is 2.39.